The second-order valence-corrected chi connectivity index (χ2v) is 5.36. The summed E-state index contributed by atoms with van der Waals surface area (Å²) in [6.07, 6.45) is 1.09. The summed E-state index contributed by atoms with van der Waals surface area (Å²) in [5, 5.41) is 6.05. The summed E-state index contributed by atoms with van der Waals surface area (Å²) < 4.78 is 0. The van der Waals surface area contributed by atoms with Crippen molar-refractivity contribution in [2.45, 2.75) is 39.2 Å². The molecule has 1 aliphatic rings. The van der Waals surface area contributed by atoms with Crippen LogP contribution in [0.5, 0.6) is 0 Å². The van der Waals surface area contributed by atoms with E-state index in [9.17, 15) is 4.79 Å². The maximum atomic E-state index is 12.1. The van der Waals surface area contributed by atoms with Gasteiger partial charge in [0, 0.05) is 24.3 Å². The van der Waals surface area contributed by atoms with Crippen molar-refractivity contribution in [2.75, 3.05) is 12.4 Å². The highest BCUT2D eigenvalue weighted by atomic mass is 16.1. The molecule has 0 radical (unpaired) electrons. The number of carbonyl (C=O) groups excluding carboxylic acids is 1. The Bertz CT molecular complexity index is 456. The first kappa shape index (κ1) is 12.9. The van der Waals surface area contributed by atoms with Crippen molar-refractivity contribution in [3.8, 4) is 0 Å². The summed E-state index contributed by atoms with van der Waals surface area (Å²) in [4.78, 5) is 16.6. The maximum absolute atomic E-state index is 12.1. The molecule has 1 heterocycles. The summed E-state index contributed by atoms with van der Waals surface area (Å²) >= 11 is 0. The zero-order chi connectivity index (χ0) is 13.3. The first-order valence-corrected chi connectivity index (χ1v) is 6.52. The van der Waals surface area contributed by atoms with Crippen molar-refractivity contribution in [3.63, 3.8) is 0 Å². The molecule has 1 aromatic rings. The highest BCUT2D eigenvalue weighted by Gasteiger charge is 2.34. The third-order valence-electron chi connectivity index (χ3n) is 3.38. The number of hydrogen-bond donors (Lipinski definition) is 2. The molecule has 4 heteroatoms. The third-order valence-corrected chi connectivity index (χ3v) is 3.38. The Morgan fingerprint density at radius 2 is 2.11 bits per heavy atom. The summed E-state index contributed by atoms with van der Waals surface area (Å²) in [5.74, 6) is 1.68. The summed E-state index contributed by atoms with van der Waals surface area (Å²) in [7, 11) is 1.82. The summed E-state index contributed by atoms with van der Waals surface area (Å²) in [5.41, 5.74) is 1.63. The predicted octanol–water partition coefficient (Wildman–Crippen LogP) is 2.38. The van der Waals surface area contributed by atoms with E-state index >= 15 is 0 Å². The van der Waals surface area contributed by atoms with Gasteiger partial charge in [0.15, 0.2) is 0 Å². The van der Waals surface area contributed by atoms with Crippen LogP contribution in [0.15, 0.2) is 12.1 Å². The molecule has 1 fully saturated rings. The Morgan fingerprint density at radius 1 is 1.44 bits per heavy atom. The van der Waals surface area contributed by atoms with E-state index in [0.717, 1.165) is 17.9 Å². The normalized spacial score (nSPS) is 21.8. The molecular weight excluding hydrogens is 226 g/mol. The molecule has 1 aliphatic carbocycles. The van der Waals surface area contributed by atoms with Crippen molar-refractivity contribution in [1.29, 1.82) is 0 Å². The number of amides is 1. The van der Waals surface area contributed by atoms with Crippen LogP contribution in [0.25, 0.3) is 0 Å². The predicted molar refractivity (Wildman–Crippen MR) is 72.9 cm³/mol. The highest BCUT2D eigenvalue weighted by molar-refractivity contribution is 5.95. The Labute approximate surface area is 108 Å². The van der Waals surface area contributed by atoms with Crippen molar-refractivity contribution < 1.29 is 4.79 Å². The number of nitrogens with one attached hydrogen (secondary N) is 2. The van der Waals surface area contributed by atoms with Gasteiger partial charge in [-0.05, 0) is 30.4 Å². The van der Waals surface area contributed by atoms with Gasteiger partial charge >= 0.3 is 0 Å². The van der Waals surface area contributed by atoms with Gasteiger partial charge < -0.3 is 10.6 Å². The largest absolute Gasteiger partial charge is 0.373 e. The van der Waals surface area contributed by atoms with E-state index in [1.807, 2.05) is 13.1 Å². The number of carbonyl (C=O) groups is 1. The van der Waals surface area contributed by atoms with Crippen molar-refractivity contribution in [1.82, 2.24) is 10.3 Å². The number of rotatable bonds is 4. The van der Waals surface area contributed by atoms with Crippen LogP contribution in [0.3, 0.4) is 0 Å². The van der Waals surface area contributed by atoms with Gasteiger partial charge in [0.25, 0.3) is 5.91 Å². The van der Waals surface area contributed by atoms with Gasteiger partial charge in [0.1, 0.15) is 5.82 Å². The van der Waals surface area contributed by atoms with E-state index in [1.165, 1.54) is 0 Å². The van der Waals surface area contributed by atoms with Gasteiger partial charge in [-0.25, -0.2) is 4.98 Å². The monoisotopic (exact) mass is 247 g/mol. The molecule has 2 unspecified atom stereocenters. The number of anilines is 1. The van der Waals surface area contributed by atoms with Gasteiger partial charge in [-0.3, -0.25) is 4.79 Å². The summed E-state index contributed by atoms with van der Waals surface area (Å²) in [6.45, 7) is 6.30. The molecule has 2 rings (SSSR count). The SMILES string of the molecule is CNc1cc(C(=O)NC2CC2C)cc(C(C)C)n1. The quantitative estimate of drug-likeness (QED) is 0.859. The number of aromatic nitrogens is 1. The molecule has 18 heavy (non-hydrogen) atoms. The number of hydrogen-bond acceptors (Lipinski definition) is 3. The lowest BCUT2D eigenvalue weighted by Gasteiger charge is -2.11. The lowest BCUT2D eigenvalue weighted by atomic mass is 10.1. The van der Waals surface area contributed by atoms with E-state index in [1.54, 1.807) is 6.07 Å². The van der Waals surface area contributed by atoms with Crippen molar-refractivity contribution in [2.24, 2.45) is 5.92 Å². The van der Waals surface area contributed by atoms with Crippen LogP contribution in [0.2, 0.25) is 0 Å². The Morgan fingerprint density at radius 3 is 2.61 bits per heavy atom. The second-order valence-electron chi connectivity index (χ2n) is 5.36. The average Bonchev–Trinajstić information content (AvgIpc) is 3.04. The Kier molecular flexibility index (Phi) is 3.55. The zero-order valence-corrected chi connectivity index (χ0v) is 11.4. The molecule has 1 amide bonds. The van der Waals surface area contributed by atoms with E-state index in [-0.39, 0.29) is 5.91 Å². The highest BCUT2D eigenvalue weighted by Crippen LogP contribution is 2.29. The topological polar surface area (TPSA) is 54.0 Å². The molecule has 4 nitrogen and oxygen atoms in total. The molecule has 2 atom stereocenters. The van der Waals surface area contributed by atoms with E-state index in [2.05, 4.69) is 36.4 Å². The molecule has 0 aliphatic heterocycles. The Hall–Kier alpha value is -1.58. The minimum Gasteiger partial charge on any atom is -0.373 e. The van der Waals surface area contributed by atoms with Crippen molar-refractivity contribution in [3.05, 3.63) is 23.4 Å². The fourth-order valence-corrected chi connectivity index (χ4v) is 1.88. The van der Waals surface area contributed by atoms with Gasteiger partial charge in [-0.1, -0.05) is 20.8 Å². The average molecular weight is 247 g/mol. The lowest BCUT2D eigenvalue weighted by Crippen LogP contribution is -2.26. The Balaban J connectivity index is 2.20. The van der Waals surface area contributed by atoms with Crippen molar-refractivity contribution >= 4 is 11.7 Å². The van der Waals surface area contributed by atoms with Crippen LogP contribution in [0.1, 0.15) is 49.2 Å². The van der Waals surface area contributed by atoms with E-state index in [0.29, 0.717) is 23.4 Å². The smallest absolute Gasteiger partial charge is 0.251 e. The molecule has 0 bridgehead atoms. The van der Waals surface area contributed by atoms with Crippen LogP contribution in [-0.4, -0.2) is 24.0 Å². The maximum Gasteiger partial charge on any atom is 0.251 e. The zero-order valence-electron chi connectivity index (χ0n) is 11.4. The third kappa shape index (κ3) is 2.81. The minimum absolute atomic E-state index is 0.00477. The number of nitrogens with zero attached hydrogens (tertiary/aromatic N) is 1. The molecule has 0 aromatic carbocycles. The van der Waals surface area contributed by atoms with Crippen LogP contribution in [-0.2, 0) is 0 Å². The van der Waals surface area contributed by atoms with Crippen LogP contribution >= 0.6 is 0 Å². The first-order valence-electron chi connectivity index (χ1n) is 6.52. The molecule has 98 valence electrons. The fraction of sp³-hybridized carbons (Fsp3) is 0.571. The molecule has 2 N–H and O–H groups in total. The van der Waals surface area contributed by atoms with Gasteiger partial charge in [0.05, 0.1) is 0 Å². The summed E-state index contributed by atoms with van der Waals surface area (Å²) in [6, 6.07) is 4.04. The fourth-order valence-electron chi connectivity index (χ4n) is 1.88. The van der Waals surface area contributed by atoms with E-state index in [4.69, 9.17) is 0 Å². The molecule has 1 aromatic heterocycles. The standard InChI is InChI=1S/C14H21N3O/c1-8(2)11-6-10(7-13(15-4)16-11)14(18)17-12-5-9(12)3/h6-9,12H,5H2,1-4H3,(H,15,16)(H,17,18). The van der Waals surface area contributed by atoms with Crippen LogP contribution < -0.4 is 10.6 Å². The van der Waals surface area contributed by atoms with E-state index < -0.39 is 0 Å². The first-order chi connectivity index (χ1) is 8.51. The second kappa shape index (κ2) is 4.96. The van der Waals surface area contributed by atoms with Gasteiger partial charge in [0.2, 0.25) is 0 Å². The van der Waals surface area contributed by atoms with Crippen LogP contribution in [0.4, 0.5) is 5.82 Å². The van der Waals surface area contributed by atoms with Crippen LogP contribution in [0, 0.1) is 5.92 Å². The lowest BCUT2D eigenvalue weighted by molar-refractivity contribution is 0.0949. The minimum atomic E-state index is 0.00477. The number of pyridine rings is 1. The molecule has 0 saturated heterocycles. The molecular formula is C14H21N3O. The van der Waals surface area contributed by atoms with Gasteiger partial charge in [-0.2, -0.15) is 0 Å². The molecule has 1 saturated carbocycles. The van der Waals surface area contributed by atoms with Gasteiger partial charge in [-0.15, -0.1) is 0 Å². The molecule has 0 spiro atoms.